The summed E-state index contributed by atoms with van der Waals surface area (Å²) in [4.78, 5) is 9.63. The summed E-state index contributed by atoms with van der Waals surface area (Å²) in [5, 5.41) is 7.17. The summed E-state index contributed by atoms with van der Waals surface area (Å²) >= 11 is 0. The predicted octanol–water partition coefficient (Wildman–Crippen LogP) is 2.72. The van der Waals surface area contributed by atoms with Gasteiger partial charge < -0.3 is 15.5 Å². The van der Waals surface area contributed by atoms with Crippen LogP contribution in [0, 0.1) is 5.92 Å². The van der Waals surface area contributed by atoms with Crippen molar-refractivity contribution in [3.05, 3.63) is 35.9 Å². The van der Waals surface area contributed by atoms with E-state index in [4.69, 9.17) is 0 Å². The highest BCUT2D eigenvalue weighted by Crippen LogP contribution is 2.24. The first-order valence-electron chi connectivity index (χ1n) is 10.8. The molecule has 3 rings (SSSR count). The van der Waals surface area contributed by atoms with Crippen molar-refractivity contribution in [1.82, 2.24) is 20.4 Å². The normalized spacial score (nSPS) is 23.3. The molecule has 150 valence electrons. The van der Waals surface area contributed by atoms with E-state index in [-0.39, 0.29) is 0 Å². The summed E-state index contributed by atoms with van der Waals surface area (Å²) in [5.74, 6) is 1.66. The van der Waals surface area contributed by atoms with Crippen LogP contribution in [0.3, 0.4) is 0 Å². The van der Waals surface area contributed by atoms with Crippen molar-refractivity contribution in [2.24, 2.45) is 10.9 Å². The second-order valence-electron chi connectivity index (χ2n) is 7.91. The standard InChI is InChI=1S/C22H37N5/c1-3-26-13-9-10-19(18-26)16-24-22(23-2)25-17-21(27-14-7-8-15-27)20-11-5-4-6-12-20/h4-6,11-12,19,21H,3,7-10,13-18H2,1-2H3,(H2,23,24,25). The molecule has 5 heteroatoms. The van der Waals surface area contributed by atoms with Gasteiger partial charge >= 0.3 is 0 Å². The summed E-state index contributed by atoms with van der Waals surface area (Å²) in [6.45, 7) is 10.2. The summed E-state index contributed by atoms with van der Waals surface area (Å²) in [6.07, 6.45) is 5.26. The zero-order valence-electron chi connectivity index (χ0n) is 17.2. The van der Waals surface area contributed by atoms with Gasteiger partial charge in [-0.1, -0.05) is 37.3 Å². The van der Waals surface area contributed by atoms with Crippen molar-refractivity contribution >= 4 is 5.96 Å². The summed E-state index contributed by atoms with van der Waals surface area (Å²) in [7, 11) is 1.88. The maximum absolute atomic E-state index is 4.47. The number of hydrogen-bond acceptors (Lipinski definition) is 3. The van der Waals surface area contributed by atoms with Crippen molar-refractivity contribution in [2.45, 2.75) is 38.6 Å². The lowest BCUT2D eigenvalue weighted by atomic mass is 9.98. The van der Waals surface area contributed by atoms with E-state index in [0.717, 1.165) is 31.5 Å². The summed E-state index contributed by atoms with van der Waals surface area (Å²) < 4.78 is 0. The Morgan fingerprint density at radius 3 is 2.59 bits per heavy atom. The Morgan fingerprint density at radius 1 is 1.11 bits per heavy atom. The van der Waals surface area contributed by atoms with Gasteiger partial charge in [0.05, 0.1) is 6.04 Å². The molecule has 2 aliphatic heterocycles. The highest BCUT2D eigenvalue weighted by molar-refractivity contribution is 5.79. The number of likely N-dealkylation sites (tertiary alicyclic amines) is 2. The van der Waals surface area contributed by atoms with Gasteiger partial charge in [0.2, 0.25) is 0 Å². The van der Waals surface area contributed by atoms with Crippen LogP contribution in [0.4, 0.5) is 0 Å². The molecule has 0 aromatic heterocycles. The molecule has 0 saturated carbocycles. The number of benzene rings is 1. The molecule has 2 atom stereocenters. The monoisotopic (exact) mass is 371 g/mol. The van der Waals surface area contributed by atoms with Crippen LogP contribution in [-0.2, 0) is 0 Å². The zero-order valence-corrected chi connectivity index (χ0v) is 17.2. The summed E-state index contributed by atoms with van der Waals surface area (Å²) in [6, 6.07) is 11.3. The summed E-state index contributed by atoms with van der Waals surface area (Å²) in [5.41, 5.74) is 1.40. The molecule has 2 N–H and O–H groups in total. The van der Waals surface area contributed by atoms with Gasteiger partial charge in [0.1, 0.15) is 0 Å². The predicted molar refractivity (Wildman–Crippen MR) is 114 cm³/mol. The van der Waals surface area contributed by atoms with E-state index in [0.29, 0.717) is 6.04 Å². The van der Waals surface area contributed by atoms with Crippen LogP contribution < -0.4 is 10.6 Å². The minimum absolute atomic E-state index is 0.414. The Balaban J connectivity index is 1.52. The Kier molecular flexibility index (Phi) is 7.96. The third-order valence-electron chi connectivity index (χ3n) is 6.06. The topological polar surface area (TPSA) is 42.9 Å². The highest BCUT2D eigenvalue weighted by Gasteiger charge is 2.24. The van der Waals surface area contributed by atoms with Crippen molar-refractivity contribution < 1.29 is 0 Å². The second-order valence-corrected chi connectivity index (χ2v) is 7.91. The van der Waals surface area contributed by atoms with E-state index in [1.165, 1.54) is 57.4 Å². The van der Waals surface area contributed by atoms with Crippen molar-refractivity contribution in [1.29, 1.82) is 0 Å². The third kappa shape index (κ3) is 5.94. The van der Waals surface area contributed by atoms with Gasteiger partial charge in [0, 0.05) is 26.7 Å². The fraction of sp³-hybridized carbons (Fsp3) is 0.682. The first-order chi connectivity index (χ1) is 13.3. The van der Waals surface area contributed by atoms with Crippen LogP contribution in [-0.4, -0.2) is 68.6 Å². The average Bonchev–Trinajstić information content (AvgIpc) is 3.26. The number of rotatable bonds is 7. The van der Waals surface area contributed by atoms with Crippen molar-refractivity contribution in [2.75, 3.05) is 52.9 Å². The minimum Gasteiger partial charge on any atom is -0.356 e. The molecule has 0 aliphatic carbocycles. The van der Waals surface area contributed by atoms with E-state index in [1.807, 2.05) is 7.05 Å². The van der Waals surface area contributed by atoms with E-state index in [9.17, 15) is 0 Å². The molecule has 0 amide bonds. The lowest BCUT2D eigenvalue weighted by Crippen LogP contribution is -2.46. The minimum atomic E-state index is 0.414. The van der Waals surface area contributed by atoms with Gasteiger partial charge in [-0.25, -0.2) is 0 Å². The number of guanidine groups is 1. The molecule has 27 heavy (non-hydrogen) atoms. The Hall–Kier alpha value is -1.59. The molecule has 0 radical (unpaired) electrons. The van der Waals surface area contributed by atoms with Crippen LogP contribution in [0.1, 0.15) is 44.2 Å². The Labute approximate surface area is 165 Å². The molecule has 2 aliphatic rings. The van der Waals surface area contributed by atoms with Gasteiger partial charge in [-0.3, -0.25) is 9.89 Å². The molecule has 2 fully saturated rings. The lowest BCUT2D eigenvalue weighted by molar-refractivity contribution is 0.183. The van der Waals surface area contributed by atoms with Gasteiger partial charge in [-0.05, 0) is 63.3 Å². The molecule has 0 spiro atoms. The number of aliphatic imine (C=N–C) groups is 1. The largest absolute Gasteiger partial charge is 0.356 e. The molecular formula is C22H37N5. The fourth-order valence-corrected chi connectivity index (χ4v) is 4.45. The molecule has 2 saturated heterocycles. The first kappa shape index (κ1) is 20.2. The SMILES string of the molecule is CCN1CCCC(CNC(=NC)NCC(c2ccccc2)N2CCCC2)C1. The Bertz CT molecular complexity index is 567. The van der Waals surface area contributed by atoms with Crippen molar-refractivity contribution in [3.63, 3.8) is 0 Å². The maximum Gasteiger partial charge on any atom is 0.191 e. The van der Waals surface area contributed by atoms with Crippen LogP contribution >= 0.6 is 0 Å². The highest BCUT2D eigenvalue weighted by atomic mass is 15.2. The smallest absolute Gasteiger partial charge is 0.191 e. The fourth-order valence-electron chi connectivity index (χ4n) is 4.45. The van der Waals surface area contributed by atoms with Gasteiger partial charge in [0.25, 0.3) is 0 Å². The number of nitrogens with zero attached hydrogens (tertiary/aromatic N) is 3. The van der Waals surface area contributed by atoms with Gasteiger partial charge in [0.15, 0.2) is 5.96 Å². The van der Waals surface area contributed by atoms with E-state index in [1.54, 1.807) is 0 Å². The Morgan fingerprint density at radius 2 is 1.89 bits per heavy atom. The first-order valence-corrected chi connectivity index (χ1v) is 10.8. The number of hydrogen-bond donors (Lipinski definition) is 2. The molecular weight excluding hydrogens is 334 g/mol. The average molecular weight is 372 g/mol. The van der Waals surface area contributed by atoms with Crippen molar-refractivity contribution in [3.8, 4) is 0 Å². The zero-order chi connectivity index (χ0) is 18.9. The van der Waals surface area contributed by atoms with Gasteiger partial charge in [-0.2, -0.15) is 0 Å². The molecule has 1 aromatic rings. The molecule has 0 bridgehead atoms. The lowest BCUT2D eigenvalue weighted by Gasteiger charge is -2.32. The van der Waals surface area contributed by atoms with Crippen LogP contribution in [0.25, 0.3) is 0 Å². The molecule has 1 aromatic carbocycles. The van der Waals surface area contributed by atoms with Crippen LogP contribution in [0.15, 0.2) is 35.3 Å². The van der Waals surface area contributed by atoms with Crippen LogP contribution in [0.2, 0.25) is 0 Å². The quantitative estimate of drug-likeness (QED) is 0.571. The number of piperidine rings is 1. The van der Waals surface area contributed by atoms with Gasteiger partial charge in [-0.15, -0.1) is 0 Å². The van der Waals surface area contributed by atoms with E-state index in [2.05, 4.69) is 62.7 Å². The third-order valence-corrected chi connectivity index (χ3v) is 6.06. The second kappa shape index (κ2) is 10.7. The molecule has 2 unspecified atom stereocenters. The van der Waals surface area contributed by atoms with E-state index >= 15 is 0 Å². The number of nitrogens with one attached hydrogen (secondary N) is 2. The van der Waals surface area contributed by atoms with E-state index < -0.39 is 0 Å². The molecule has 5 nitrogen and oxygen atoms in total. The molecule has 2 heterocycles. The van der Waals surface area contributed by atoms with Crippen LogP contribution in [0.5, 0.6) is 0 Å². The maximum atomic E-state index is 4.47.